The van der Waals surface area contributed by atoms with E-state index in [-0.39, 0.29) is 0 Å². The maximum atomic E-state index is 5.77. The Morgan fingerprint density at radius 1 is 1.42 bits per heavy atom. The van der Waals surface area contributed by atoms with Crippen molar-refractivity contribution in [2.45, 2.75) is 6.92 Å². The molecule has 12 heavy (non-hydrogen) atoms. The van der Waals surface area contributed by atoms with E-state index in [0.717, 1.165) is 16.3 Å². The van der Waals surface area contributed by atoms with Crippen LogP contribution in [0.4, 0.5) is 0 Å². The highest BCUT2D eigenvalue weighted by Gasteiger charge is 1.98. The molecule has 0 aliphatic rings. The van der Waals surface area contributed by atoms with Crippen molar-refractivity contribution in [2.75, 3.05) is 12.5 Å². The van der Waals surface area contributed by atoms with Gasteiger partial charge >= 0.3 is 0 Å². The molecule has 0 N–H and O–H groups in total. The summed E-state index contributed by atoms with van der Waals surface area (Å²) in [5.41, 5.74) is 1.03. The number of rotatable bonds is 3. The standard InChI is InChI=1S/C9H10Cl2O/c1-7-6-8(11)2-3-9(7)12-5-4-10/h2-3,6H,4-5H2,1H3. The van der Waals surface area contributed by atoms with Gasteiger partial charge in [-0.1, -0.05) is 11.6 Å². The van der Waals surface area contributed by atoms with Gasteiger partial charge < -0.3 is 4.74 Å². The molecule has 0 spiro atoms. The molecule has 66 valence electrons. The molecular weight excluding hydrogens is 195 g/mol. The molecule has 0 unspecified atom stereocenters. The predicted octanol–water partition coefficient (Wildman–Crippen LogP) is 3.27. The summed E-state index contributed by atoms with van der Waals surface area (Å²) in [6.45, 7) is 2.49. The number of ether oxygens (including phenoxy) is 1. The molecule has 0 saturated heterocycles. The Morgan fingerprint density at radius 2 is 2.17 bits per heavy atom. The largest absolute Gasteiger partial charge is 0.492 e. The molecule has 0 aliphatic carbocycles. The number of hydrogen-bond acceptors (Lipinski definition) is 1. The zero-order valence-electron chi connectivity index (χ0n) is 6.81. The molecule has 0 aromatic heterocycles. The van der Waals surface area contributed by atoms with E-state index in [1.807, 2.05) is 19.1 Å². The third kappa shape index (κ3) is 2.58. The predicted molar refractivity (Wildman–Crippen MR) is 52.4 cm³/mol. The van der Waals surface area contributed by atoms with Crippen molar-refractivity contribution in [3.05, 3.63) is 28.8 Å². The Kier molecular flexibility index (Phi) is 3.70. The van der Waals surface area contributed by atoms with Crippen LogP contribution >= 0.6 is 23.2 Å². The third-order valence-electron chi connectivity index (χ3n) is 1.47. The topological polar surface area (TPSA) is 9.23 Å². The second kappa shape index (κ2) is 4.58. The number of halogens is 2. The van der Waals surface area contributed by atoms with Crippen LogP contribution < -0.4 is 4.74 Å². The van der Waals surface area contributed by atoms with Gasteiger partial charge in [0.15, 0.2) is 0 Å². The van der Waals surface area contributed by atoms with Crippen molar-refractivity contribution in [3.8, 4) is 5.75 Å². The van der Waals surface area contributed by atoms with Crippen LogP contribution in [0.25, 0.3) is 0 Å². The first-order chi connectivity index (χ1) is 5.74. The molecule has 1 nitrogen and oxygen atoms in total. The Hall–Kier alpha value is -0.400. The first kappa shape index (κ1) is 9.69. The fraction of sp³-hybridized carbons (Fsp3) is 0.333. The van der Waals surface area contributed by atoms with E-state index in [2.05, 4.69) is 0 Å². The lowest BCUT2D eigenvalue weighted by atomic mass is 10.2. The van der Waals surface area contributed by atoms with E-state index in [4.69, 9.17) is 27.9 Å². The summed E-state index contributed by atoms with van der Waals surface area (Å²) >= 11 is 11.3. The van der Waals surface area contributed by atoms with Crippen LogP contribution in [0.5, 0.6) is 5.75 Å². The number of alkyl halides is 1. The van der Waals surface area contributed by atoms with Crippen LogP contribution in [0.1, 0.15) is 5.56 Å². The fourth-order valence-corrected chi connectivity index (χ4v) is 1.23. The SMILES string of the molecule is Cc1cc(Cl)ccc1OCCCl. The maximum absolute atomic E-state index is 5.77. The molecule has 0 atom stereocenters. The van der Waals surface area contributed by atoms with Crippen LogP contribution in [-0.4, -0.2) is 12.5 Å². The van der Waals surface area contributed by atoms with Gasteiger partial charge in [-0.05, 0) is 30.7 Å². The summed E-state index contributed by atoms with van der Waals surface area (Å²) in [6.07, 6.45) is 0. The normalized spacial score (nSPS) is 9.92. The van der Waals surface area contributed by atoms with E-state index in [1.165, 1.54) is 0 Å². The molecule has 1 aromatic carbocycles. The molecule has 0 amide bonds. The molecule has 0 heterocycles. The fourth-order valence-electron chi connectivity index (χ4n) is 0.923. The Morgan fingerprint density at radius 3 is 2.75 bits per heavy atom. The molecular formula is C9H10Cl2O. The van der Waals surface area contributed by atoms with E-state index < -0.39 is 0 Å². The zero-order chi connectivity index (χ0) is 8.97. The average Bonchev–Trinajstić information content (AvgIpc) is 2.03. The first-order valence-electron chi connectivity index (χ1n) is 3.69. The van der Waals surface area contributed by atoms with Gasteiger partial charge in [0.2, 0.25) is 0 Å². The molecule has 0 bridgehead atoms. The van der Waals surface area contributed by atoms with Crippen LogP contribution in [0.2, 0.25) is 5.02 Å². The van der Waals surface area contributed by atoms with E-state index in [0.29, 0.717) is 12.5 Å². The van der Waals surface area contributed by atoms with Gasteiger partial charge in [0, 0.05) is 5.02 Å². The van der Waals surface area contributed by atoms with Gasteiger partial charge in [0.05, 0.1) is 5.88 Å². The van der Waals surface area contributed by atoms with Crippen molar-refractivity contribution in [1.82, 2.24) is 0 Å². The van der Waals surface area contributed by atoms with Crippen molar-refractivity contribution in [2.24, 2.45) is 0 Å². The minimum Gasteiger partial charge on any atom is -0.492 e. The summed E-state index contributed by atoms with van der Waals surface area (Å²) in [7, 11) is 0. The van der Waals surface area contributed by atoms with Crippen LogP contribution in [-0.2, 0) is 0 Å². The highest BCUT2D eigenvalue weighted by molar-refractivity contribution is 6.30. The maximum Gasteiger partial charge on any atom is 0.122 e. The van der Waals surface area contributed by atoms with Gasteiger partial charge in [0.25, 0.3) is 0 Å². The van der Waals surface area contributed by atoms with E-state index in [9.17, 15) is 0 Å². The lowest BCUT2D eigenvalue weighted by Crippen LogP contribution is -1.99. The highest BCUT2D eigenvalue weighted by Crippen LogP contribution is 2.21. The van der Waals surface area contributed by atoms with Crippen molar-refractivity contribution < 1.29 is 4.74 Å². The molecule has 3 heteroatoms. The summed E-state index contributed by atoms with van der Waals surface area (Å²) in [5.74, 6) is 1.35. The van der Waals surface area contributed by atoms with E-state index >= 15 is 0 Å². The molecule has 0 radical (unpaired) electrons. The number of benzene rings is 1. The average molecular weight is 205 g/mol. The molecule has 0 aliphatic heterocycles. The van der Waals surface area contributed by atoms with Gasteiger partial charge in [-0.2, -0.15) is 0 Å². The van der Waals surface area contributed by atoms with E-state index in [1.54, 1.807) is 6.07 Å². The van der Waals surface area contributed by atoms with Crippen molar-refractivity contribution >= 4 is 23.2 Å². The van der Waals surface area contributed by atoms with Gasteiger partial charge in [0.1, 0.15) is 12.4 Å². The second-order valence-electron chi connectivity index (χ2n) is 2.45. The smallest absolute Gasteiger partial charge is 0.122 e. The quantitative estimate of drug-likeness (QED) is 0.688. The Balaban J connectivity index is 2.72. The van der Waals surface area contributed by atoms with Gasteiger partial charge in [-0.3, -0.25) is 0 Å². The van der Waals surface area contributed by atoms with Crippen LogP contribution in [0.15, 0.2) is 18.2 Å². The van der Waals surface area contributed by atoms with Gasteiger partial charge in [-0.15, -0.1) is 11.6 Å². The van der Waals surface area contributed by atoms with Crippen LogP contribution in [0, 0.1) is 6.92 Å². The highest BCUT2D eigenvalue weighted by atomic mass is 35.5. The number of aryl methyl sites for hydroxylation is 1. The summed E-state index contributed by atoms with van der Waals surface area (Å²) < 4.78 is 5.35. The third-order valence-corrected chi connectivity index (χ3v) is 1.86. The second-order valence-corrected chi connectivity index (χ2v) is 3.26. The van der Waals surface area contributed by atoms with Gasteiger partial charge in [-0.25, -0.2) is 0 Å². The first-order valence-corrected chi connectivity index (χ1v) is 4.60. The summed E-state index contributed by atoms with van der Waals surface area (Å²) in [4.78, 5) is 0. The molecule has 1 rings (SSSR count). The lowest BCUT2D eigenvalue weighted by Gasteiger charge is -2.06. The molecule has 1 aromatic rings. The minimum absolute atomic E-state index is 0.502. The molecule has 0 saturated carbocycles. The number of hydrogen-bond donors (Lipinski definition) is 0. The lowest BCUT2D eigenvalue weighted by molar-refractivity contribution is 0.340. The van der Waals surface area contributed by atoms with Crippen molar-refractivity contribution in [3.63, 3.8) is 0 Å². The molecule has 0 fully saturated rings. The van der Waals surface area contributed by atoms with Crippen LogP contribution in [0.3, 0.4) is 0 Å². The Labute approximate surface area is 82.2 Å². The minimum atomic E-state index is 0.502. The van der Waals surface area contributed by atoms with Crippen molar-refractivity contribution in [1.29, 1.82) is 0 Å². The summed E-state index contributed by atoms with van der Waals surface area (Å²) in [5, 5.41) is 0.728. The monoisotopic (exact) mass is 204 g/mol. The summed E-state index contributed by atoms with van der Waals surface area (Å²) in [6, 6.07) is 5.52. The zero-order valence-corrected chi connectivity index (χ0v) is 8.32. The Bertz CT molecular complexity index is 261.